The van der Waals surface area contributed by atoms with Crippen molar-refractivity contribution in [2.75, 3.05) is 17.7 Å². The van der Waals surface area contributed by atoms with Crippen LogP contribution in [0.1, 0.15) is 6.92 Å². The van der Waals surface area contributed by atoms with Gasteiger partial charge in [-0.25, -0.2) is 0 Å². The Morgan fingerprint density at radius 1 is 1.53 bits per heavy atom. The van der Waals surface area contributed by atoms with E-state index in [1.807, 2.05) is 24.3 Å². The van der Waals surface area contributed by atoms with E-state index >= 15 is 0 Å². The van der Waals surface area contributed by atoms with Crippen LogP contribution in [-0.2, 0) is 9.53 Å². The first kappa shape index (κ1) is 10.5. The van der Waals surface area contributed by atoms with E-state index in [4.69, 9.17) is 4.74 Å². The van der Waals surface area contributed by atoms with Crippen LogP contribution in [0.2, 0.25) is 0 Å². The van der Waals surface area contributed by atoms with Crippen molar-refractivity contribution < 1.29 is 9.53 Å². The average Bonchev–Trinajstić information content (AvgIpc) is 2.99. The number of epoxide rings is 1. The Labute approximate surface area is 93.2 Å². The van der Waals surface area contributed by atoms with Gasteiger partial charge >= 0.3 is 0 Å². The highest BCUT2D eigenvalue weighted by atomic mass is 32.2. The number of anilines is 1. The molecule has 80 valence electrons. The molecule has 0 aromatic heterocycles. The molecular formula is C11H13NO2S. The Bertz CT molecular complexity index is 346. The first-order valence-corrected chi connectivity index (χ1v) is 5.84. The van der Waals surface area contributed by atoms with Crippen LogP contribution >= 0.6 is 11.8 Å². The van der Waals surface area contributed by atoms with E-state index in [2.05, 4.69) is 5.32 Å². The zero-order valence-electron chi connectivity index (χ0n) is 8.53. The highest BCUT2D eigenvalue weighted by Gasteiger charge is 2.21. The van der Waals surface area contributed by atoms with E-state index in [0.29, 0.717) is 6.10 Å². The average molecular weight is 223 g/mol. The minimum absolute atomic E-state index is 0.0400. The fourth-order valence-corrected chi connectivity index (χ4v) is 2.09. The summed E-state index contributed by atoms with van der Waals surface area (Å²) in [4.78, 5) is 12.0. The van der Waals surface area contributed by atoms with Crippen LogP contribution in [0.4, 0.5) is 5.69 Å². The Morgan fingerprint density at radius 2 is 2.20 bits per heavy atom. The molecule has 0 unspecified atom stereocenters. The predicted octanol–water partition coefficient (Wildman–Crippen LogP) is 2.14. The first-order chi connectivity index (χ1) is 7.24. The maximum absolute atomic E-state index is 10.8. The number of thioether (sulfide) groups is 1. The molecule has 1 fully saturated rings. The van der Waals surface area contributed by atoms with Gasteiger partial charge in [-0.2, -0.15) is 0 Å². The van der Waals surface area contributed by atoms with E-state index in [0.717, 1.165) is 18.0 Å². The summed E-state index contributed by atoms with van der Waals surface area (Å²) >= 11 is 1.78. The molecule has 0 radical (unpaired) electrons. The highest BCUT2D eigenvalue weighted by molar-refractivity contribution is 7.99. The van der Waals surface area contributed by atoms with Gasteiger partial charge in [-0.15, -0.1) is 11.8 Å². The molecule has 0 bridgehead atoms. The van der Waals surface area contributed by atoms with Gasteiger partial charge in [-0.1, -0.05) is 0 Å². The first-order valence-electron chi connectivity index (χ1n) is 4.86. The molecule has 1 amide bonds. The van der Waals surface area contributed by atoms with E-state index in [1.165, 1.54) is 11.8 Å². The number of hydrogen-bond acceptors (Lipinski definition) is 3. The molecule has 1 saturated heterocycles. The van der Waals surface area contributed by atoms with Crippen molar-refractivity contribution in [1.82, 2.24) is 0 Å². The summed E-state index contributed by atoms with van der Waals surface area (Å²) in [5, 5.41) is 2.74. The molecule has 4 heteroatoms. The second kappa shape index (κ2) is 4.68. The largest absolute Gasteiger partial charge is 0.372 e. The molecule has 1 atom stereocenters. The highest BCUT2D eigenvalue weighted by Crippen LogP contribution is 2.24. The standard InChI is InChI=1S/C11H13NO2S/c1-8(13)12-9-2-4-11(5-3-9)15-7-10-6-14-10/h2-5,10H,6-7H2,1H3,(H,12,13)/t10-/m1/s1. The molecule has 1 aliphatic rings. The smallest absolute Gasteiger partial charge is 0.221 e. The Morgan fingerprint density at radius 3 is 2.73 bits per heavy atom. The fraction of sp³-hybridized carbons (Fsp3) is 0.364. The third-order valence-corrected chi connectivity index (χ3v) is 3.16. The Balaban J connectivity index is 1.87. The summed E-state index contributed by atoms with van der Waals surface area (Å²) in [7, 11) is 0. The zero-order chi connectivity index (χ0) is 10.7. The van der Waals surface area contributed by atoms with Gasteiger partial charge in [-0.3, -0.25) is 4.79 Å². The van der Waals surface area contributed by atoms with Gasteiger partial charge in [0, 0.05) is 23.3 Å². The van der Waals surface area contributed by atoms with Gasteiger partial charge in [0.05, 0.1) is 12.7 Å². The van der Waals surface area contributed by atoms with Crippen molar-refractivity contribution >= 4 is 23.4 Å². The van der Waals surface area contributed by atoms with Gasteiger partial charge in [0.2, 0.25) is 5.91 Å². The number of hydrogen-bond donors (Lipinski definition) is 1. The van der Waals surface area contributed by atoms with Crippen LogP contribution in [0.15, 0.2) is 29.2 Å². The van der Waals surface area contributed by atoms with Gasteiger partial charge in [-0.05, 0) is 24.3 Å². The topological polar surface area (TPSA) is 41.6 Å². The van der Waals surface area contributed by atoms with E-state index in [-0.39, 0.29) is 5.91 Å². The molecule has 1 aromatic rings. The summed E-state index contributed by atoms with van der Waals surface area (Å²) in [5.74, 6) is 0.973. The number of nitrogens with one attached hydrogen (secondary N) is 1. The predicted molar refractivity (Wildman–Crippen MR) is 61.2 cm³/mol. The zero-order valence-corrected chi connectivity index (χ0v) is 9.34. The molecule has 0 saturated carbocycles. The normalized spacial score (nSPS) is 18.6. The van der Waals surface area contributed by atoms with Crippen LogP contribution in [0.5, 0.6) is 0 Å². The second-order valence-electron chi connectivity index (χ2n) is 3.47. The lowest BCUT2D eigenvalue weighted by atomic mass is 10.3. The Kier molecular flexibility index (Phi) is 3.28. The number of benzene rings is 1. The van der Waals surface area contributed by atoms with Crippen molar-refractivity contribution in [2.45, 2.75) is 17.9 Å². The molecule has 1 heterocycles. The fourth-order valence-electron chi connectivity index (χ4n) is 1.19. The molecule has 15 heavy (non-hydrogen) atoms. The molecule has 3 nitrogen and oxygen atoms in total. The van der Waals surface area contributed by atoms with Gasteiger partial charge < -0.3 is 10.1 Å². The summed E-state index contributed by atoms with van der Waals surface area (Å²) in [5.41, 5.74) is 0.842. The quantitative estimate of drug-likeness (QED) is 0.628. The molecule has 1 aliphatic heterocycles. The molecule has 0 spiro atoms. The van der Waals surface area contributed by atoms with Crippen molar-refractivity contribution in [3.05, 3.63) is 24.3 Å². The summed E-state index contributed by atoms with van der Waals surface area (Å²) < 4.78 is 5.13. The van der Waals surface area contributed by atoms with Crippen LogP contribution in [0.3, 0.4) is 0 Å². The number of amides is 1. The van der Waals surface area contributed by atoms with E-state index in [1.54, 1.807) is 11.8 Å². The molecule has 0 aliphatic carbocycles. The van der Waals surface area contributed by atoms with Crippen LogP contribution < -0.4 is 5.32 Å². The van der Waals surface area contributed by atoms with Crippen molar-refractivity contribution in [3.8, 4) is 0 Å². The number of carbonyl (C=O) groups excluding carboxylic acids is 1. The summed E-state index contributed by atoms with van der Waals surface area (Å²) in [6.07, 6.45) is 0.449. The minimum Gasteiger partial charge on any atom is -0.372 e. The third kappa shape index (κ3) is 3.57. The molecular weight excluding hydrogens is 210 g/mol. The van der Waals surface area contributed by atoms with Gasteiger partial charge in [0.1, 0.15) is 0 Å². The van der Waals surface area contributed by atoms with Gasteiger partial charge in [0.15, 0.2) is 0 Å². The monoisotopic (exact) mass is 223 g/mol. The number of rotatable bonds is 4. The molecule has 1 N–H and O–H groups in total. The maximum Gasteiger partial charge on any atom is 0.221 e. The molecule has 2 rings (SSSR count). The number of ether oxygens (including phenoxy) is 1. The van der Waals surface area contributed by atoms with Gasteiger partial charge in [0.25, 0.3) is 0 Å². The van der Waals surface area contributed by atoms with Crippen LogP contribution in [0.25, 0.3) is 0 Å². The summed E-state index contributed by atoms with van der Waals surface area (Å²) in [6.45, 7) is 2.41. The third-order valence-electron chi connectivity index (χ3n) is 2.01. The van der Waals surface area contributed by atoms with Crippen molar-refractivity contribution in [2.24, 2.45) is 0 Å². The van der Waals surface area contributed by atoms with Crippen LogP contribution in [0, 0.1) is 0 Å². The molecule has 1 aromatic carbocycles. The summed E-state index contributed by atoms with van der Waals surface area (Å²) in [6, 6.07) is 7.85. The lowest BCUT2D eigenvalue weighted by Gasteiger charge is -2.03. The minimum atomic E-state index is -0.0400. The SMILES string of the molecule is CC(=O)Nc1ccc(SC[C@H]2CO2)cc1. The number of carbonyl (C=O) groups is 1. The van der Waals surface area contributed by atoms with Crippen molar-refractivity contribution in [3.63, 3.8) is 0 Å². The lowest BCUT2D eigenvalue weighted by Crippen LogP contribution is -2.05. The van der Waals surface area contributed by atoms with E-state index in [9.17, 15) is 4.79 Å². The van der Waals surface area contributed by atoms with E-state index < -0.39 is 0 Å². The van der Waals surface area contributed by atoms with Crippen molar-refractivity contribution in [1.29, 1.82) is 0 Å². The Hall–Kier alpha value is -1.00. The second-order valence-corrected chi connectivity index (χ2v) is 4.57. The van der Waals surface area contributed by atoms with Crippen LogP contribution in [-0.4, -0.2) is 24.4 Å². The lowest BCUT2D eigenvalue weighted by molar-refractivity contribution is -0.114. The maximum atomic E-state index is 10.8.